The third-order valence-corrected chi connectivity index (χ3v) is 3.20. The molecule has 86 valence electrons. The highest BCUT2D eigenvalue weighted by atomic mass is 32.2. The molecule has 1 atom stereocenters. The second kappa shape index (κ2) is 11.3. The van der Waals surface area contributed by atoms with Gasteiger partial charge in [0, 0.05) is 6.61 Å². The minimum atomic E-state index is 0.326. The summed E-state index contributed by atoms with van der Waals surface area (Å²) < 4.78 is 0. The van der Waals surface area contributed by atoms with Crippen LogP contribution in [0.3, 0.4) is 0 Å². The maximum Gasteiger partial charge on any atom is 0.0434 e. The number of rotatable bonds is 10. The van der Waals surface area contributed by atoms with Crippen LogP contribution in [0, 0.1) is 5.92 Å². The standard InChI is InChI=1S/C11H25NOS/c1-3-11(6-8-13)10-12-7-4-5-9-14-2/h11-13H,3-10H2,1-2H3. The molecule has 0 amide bonds. The Morgan fingerprint density at radius 2 is 2.14 bits per heavy atom. The maximum atomic E-state index is 8.81. The smallest absolute Gasteiger partial charge is 0.0434 e. The van der Waals surface area contributed by atoms with E-state index < -0.39 is 0 Å². The zero-order valence-electron chi connectivity index (χ0n) is 9.59. The minimum Gasteiger partial charge on any atom is -0.396 e. The van der Waals surface area contributed by atoms with Gasteiger partial charge in [0.05, 0.1) is 0 Å². The van der Waals surface area contributed by atoms with Gasteiger partial charge in [-0.3, -0.25) is 0 Å². The summed E-state index contributed by atoms with van der Waals surface area (Å²) in [7, 11) is 0. The van der Waals surface area contributed by atoms with Crippen LogP contribution in [-0.2, 0) is 0 Å². The maximum absolute atomic E-state index is 8.81. The van der Waals surface area contributed by atoms with Crippen LogP contribution in [0.5, 0.6) is 0 Å². The minimum absolute atomic E-state index is 0.326. The largest absolute Gasteiger partial charge is 0.396 e. The predicted molar refractivity (Wildman–Crippen MR) is 66.0 cm³/mol. The van der Waals surface area contributed by atoms with Crippen molar-refractivity contribution in [1.82, 2.24) is 5.32 Å². The third-order valence-electron chi connectivity index (χ3n) is 2.50. The lowest BCUT2D eigenvalue weighted by Crippen LogP contribution is -2.24. The van der Waals surface area contributed by atoms with E-state index in [-0.39, 0.29) is 0 Å². The van der Waals surface area contributed by atoms with Gasteiger partial charge in [-0.2, -0.15) is 11.8 Å². The highest BCUT2D eigenvalue weighted by Gasteiger charge is 2.03. The molecule has 0 fully saturated rings. The third kappa shape index (κ3) is 8.85. The highest BCUT2D eigenvalue weighted by Crippen LogP contribution is 2.05. The van der Waals surface area contributed by atoms with Gasteiger partial charge in [0.2, 0.25) is 0 Å². The van der Waals surface area contributed by atoms with E-state index >= 15 is 0 Å². The molecule has 3 heteroatoms. The molecule has 0 aromatic rings. The van der Waals surface area contributed by atoms with Crippen LogP contribution in [0.2, 0.25) is 0 Å². The number of hydrogen-bond acceptors (Lipinski definition) is 3. The van der Waals surface area contributed by atoms with E-state index in [9.17, 15) is 0 Å². The fourth-order valence-corrected chi connectivity index (χ4v) is 1.93. The van der Waals surface area contributed by atoms with E-state index in [0.29, 0.717) is 12.5 Å². The van der Waals surface area contributed by atoms with Crippen molar-refractivity contribution >= 4 is 11.8 Å². The monoisotopic (exact) mass is 219 g/mol. The molecule has 0 saturated carbocycles. The Hall–Kier alpha value is 0.270. The van der Waals surface area contributed by atoms with Crippen LogP contribution >= 0.6 is 11.8 Å². The first-order valence-electron chi connectivity index (χ1n) is 5.65. The van der Waals surface area contributed by atoms with E-state index in [0.717, 1.165) is 19.5 Å². The van der Waals surface area contributed by atoms with Gasteiger partial charge in [-0.05, 0) is 50.3 Å². The molecule has 14 heavy (non-hydrogen) atoms. The molecule has 0 aliphatic heterocycles. The Morgan fingerprint density at radius 1 is 1.36 bits per heavy atom. The molecule has 0 aromatic carbocycles. The molecule has 0 rings (SSSR count). The van der Waals surface area contributed by atoms with Crippen LogP contribution in [0.25, 0.3) is 0 Å². The molecule has 0 aliphatic rings. The van der Waals surface area contributed by atoms with Gasteiger partial charge in [0.15, 0.2) is 0 Å². The number of thioether (sulfide) groups is 1. The van der Waals surface area contributed by atoms with Crippen LogP contribution in [0.15, 0.2) is 0 Å². The van der Waals surface area contributed by atoms with Gasteiger partial charge in [0.25, 0.3) is 0 Å². The van der Waals surface area contributed by atoms with Gasteiger partial charge >= 0.3 is 0 Å². The van der Waals surface area contributed by atoms with Crippen LogP contribution in [0.4, 0.5) is 0 Å². The van der Waals surface area contributed by atoms with Gasteiger partial charge in [-0.15, -0.1) is 0 Å². The Bertz CT molecular complexity index is 111. The summed E-state index contributed by atoms with van der Waals surface area (Å²) in [4.78, 5) is 0. The zero-order chi connectivity index (χ0) is 10.6. The van der Waals surface area contributed by atoms with Crippen molar-refractivity contribution in [3.8, 4) is 0 Å². The summed E-state index contributed by atoms with van der Waals surface area (Å²) >= 11 is 1.92. The first-order valence-corrected chi connectivity index (χ1v) is 7.05. The number of aliphatic hydroxyl groups is 1. The molecule has 1 unspecified atom stereocenters. The molecule has 0 bridgehead atoms. The SMILES string of the molecule is CCC(CCO)CNCCCCSC. The van der Waals surface area contributed by atoms with E-state index in [2.05, 4.69) is 18.5 Å². The zero-order valence-corrected chi connectivity index (χ0v) is 10.4. The van der Waals surface area contributed by atoms with Gasteiger partial charge in [-0.25, -0.2) is 0 Å². The molecular formula is C11H25NOS. The average molecular weight is 219 g/mol. The van der Waals surface area contributed by atoms with Crippen molar-refractivity contribution in [2.75, 3.05) is 31.7 Å². The Kier molecular flexibility index (Phi) is 11.6. The fourth-order valence-electron chi connectivity index (χ4n) is 1.44. The van der Waals surface area contributed by atoms with Crippen molar-refractivity contribution < 1.29 is 5.11 Å². The Balaban J connectivity index is 3.15. The van der Waals surface area contributed by atoms with Crippen molar-refractivity contribution in [2.24, 2.45) is 5.92 Å². The Labute approximate surface area is 92.9 Å². The van der Waals surface area contributed by atoms with Gasteiger partial charge < -0.3 is 10.4 Å². The molecule has 0 aromatic heterocycles. The van der Waals surface area contributed by atoms with Crippen LogP contribution in [0.1, 0.15) is 32.6 Å². The van der Waals surface area contributed by atoms with E-state index in [4.69, 9.17) is 5.11 Å². The fraction of sp³-hybridized carbons (Fsp3) is 1.00. The van der Waals surface area contributed by atoms with Gasteiger partial charge in [-0.1, -0.05) is 13.3 Å². The summed E-state index contributed by atoms with van der Waals surface area (Å²) in [6.45, 7) is 4.71. The molecule has 0 spiro atoms. The molecule has 0 radical (unpaired) electrons. The summed E-state index contributed by atoms with van der Waals surface area (Å²) in [6, 6.07) is 0. The first-order chi connectivity index (χ1) is 6.85. The van der Waals surface area contributed by atoms with E-state index in [1.54, 1.807) is 0 Å². The lowest BCUT2D eigenvalue weighted by atomic mass is 10.0. The number of aliphatic hydroxyl groups excluding tert-OH is 1. The Morgan fingerprint density at radius 3 is 2.71 bits per heavy atom. The van der Waals surface area contributed by atoms with Crippen molar-refractivity contribution in [3.63, 3.8) is 0 Å². The van der Waals surface area contributed by atoms with Gasteiger partial charge in [0.1, 0.15) is 0 Å². The second-order valence-electron chi connectivity index (χ2n) is 3.69. The molecule has 2 N–H and O–H groups in total. The van der Waals surface area contributed by atoms with E-state index in [1.165, 1.54) is 25.0 Å². The summed E-state index contributed by atoms with van der Waals surface area (Å²) in [5.41, 5.74) is 0. The molecule has 0 saturated heterocycles. The van der Waals surface area contributed by atoms with Crippen LogP contribution in [-0.4, -0.2) is 36.8 Å². The summed E-state index contributed by atoms with van der Waals surface area (Å²) in [5.74, 6) is 1.93. The first kappa shape index (κ1) is 14.3. The van der Waals surface area contributed by atoms with E-state index in [1.807, 2.05) is 11.8 Å². The van der Waals surface area contributed by atoms with Crippen LogP contribution < -0.4 is 5.32 Å². The summed E-state index contributed by atoms with van der Waals surface area (Å²) in [5, 5.41) is 12.3. The highest BCUT2D eigenvalue weighted by molar-refractivity contribution is 7.98. The lowest BCUT2D eigenvalue weighted by molar-refractivity contribution is 0.251. The predicted octanol–water partition coefficient (Wildman–Crippen LogP) is 2.13. The molecule has 2 nitrogen and oxygen atoms in total. The average Bonchev–Trinajstić information content (AvgIpc) is 2.21. The van der Waals surface area contributed by atoms with Crippen molar-refractivity contribution in [1.29, 1.82) is 0 Å². The normalized spacial score (nSPS) is 13.1. The second-order valence-corrected chi connectivity index (χ2v) is 4.68. The number of hydrogen-bond donors (Lipinski definition) is 2. The number of nitrogens with one attached hydrogen (secondary N) is 1. The summed E-state index contributed by atoms with van der Waals surface area (Å²) in [6.07, 6.45) is 6.84. The van der Waals surface area contributed by atoms with Crippen molar-refractivity contribution in [2.45, 2.75) is 32.6 Å². The quantitative estimate of drug-likeness (QED) is 0.552. The lowest BCUT2D eigenvalue weighted by Gasteiger charge is -2.13. The molecule has 0 heterocycles. The molecular weight excluding hydrogens is 194 g/mol. The topological polar surface area (TPSA) is 32.3 Å². The number of unbranched alkanes of at least 4 members (excludes halogenated alkanes) is 1. The van der Waals surface area contributed by atoms with Crippen molar-refractivity contribution in [3.05, 3.63) is 0 Å². The molecule has 0 aliphatic carbocycles.